The van der Waals surface area contributed by atoms with E-state index in [2.05, 4.69) is 0 Å². The second-order valence-corrected chi connectivity index (χ2v) is 3.77. The maximum atomic E-state index is 13.6. The molecule has 0 aliphatic rings. The third-order valence-corrected chi connectivity index (χ3v) is 2.58. The molecular weight excluding hydrogens is 220 g/mol. The van der Waals surface area contributed by atoms with Gasteiger partial charge in [0.2, 0.25) is 0 Å². The monoisotopic (exact) mass is 229 g/mol. The maximum Gasteiger partial charge on any atom is 0.133 e. The topological polar surface area (TPSA) is 23.8 Å². The Balaban J connectivity index is 2.58. The van der Waals surface area contributed by atoms with E-state index in [0.29, 0.717) is 16.7 Å². The normalized spacial score (nSPS) is 10.0. The highest BCUT2D eigenvalue weighted by molar-refractivity contribution is 5.68. The zero-order chi connectivity index (χ0) is 12.4. The Hall–Kier alpha value is -2.21. The maximum absolute atomic E-state index is 13.6. The summed E-state index contributed by atoms with van der Waals surface area (Å²) in [6, 6.07) is 10.5. The van der Waals surface area contributed by atoms with Crippen molar-refractivity contribution in [2.45, 2.75) is 6.92 Å². The molecule has 0 unspecified atom stereocenters. The zero-order valence-electron chi connectivity index (χ0n) is 9.17. The van der Waals surface area contributed by atoms with E-state index >= 15 is 0 Å². The first-order chi connectivity index (χ1) is 8.11. The van der Waals surface area contributed by atoms with Crippen LogP contribution in [0.1, 0.15) is 11.1 Å². The summed E-state index contributed by atoms with van der Waals surface area (Å²) in [6.07, 6.45) is 0. The predicted octanol–water partition coefficient (Wildman–Crippen LogP) is 3.81. The van der Waals surface area contributed by atoms with E-state index in [9.17, 15) is 8.78 Å². The number of hydrogen-bond acceptors (Lipinski definition) is 1. The molecule has 0 aliphatic carbocycles. The lowest BCUT2D eigenvalue weighted by Crippen LogP contribution is -1.90. The lowest BCUT2D eigenvalue weighted by molar-refractivity contribution is 0.585. The lowest BCUT2D eigenvalue weighted by Gasteiger charge is -2.07. The molecule has 1 nitrogen and oxygen atoms in total. The molecule has 0 atom stereocenters. The molecule has 0 aliphatic heterocycles. The van der Waals surface area contributed by atoms with Gasteiger partial charge in [0.05, 0.1) is 11.6 Å². The Morgan fingerprint density at radius 2 is 1.71 bits per heavy atom. The van der Waals surface area contributed by atoms with Crippen molar-refractivity contribution in [3.8, 4) is 17.2 Å². The van der Waals surface area contributed by atoms with Gasteiger partial charge in [0, 0.05) is 11.6 Å². The number of nitrogens with zero attached hydrogens (tertiary/aromatic N) is 1. The molecule has 0 fully saturated rings. The van der Waals surface area contributed by atoms with Gasteiger partial charge in [-0.3, -0.25) is 0 Å². The van der Waals surface area contributed by atoms with Gasteiger partial charge in [-0.25, -0.2) is 8.78 Å². The Morgan fingerprint density at radius 1 is 1.00 bits per heavy atom. The molecule has 0 bridgehead atoms. The van der Waals surface area contributed by atoms with Crippen molar-refractivity contribution in [2.75, 3.05) is 0 Å². The van der Waals surface area contributed by atoms with E-state index in [1.807, 2.05) is 6.07 Å². The van der Waals surface area contributed by atoms with Crippen LogP contribution in [0.5, 0.6) is 0 Å². The first-order valence-corrected chi connectivity index (χ1v) is 5.08. The van der Waals surface area contributed by atoms with E-state index in [1.165, 1.54) is 12.1 Å². The Labute approximate surface area is 97.9 Å². The fourth-order valence-corrected chi connectivity index (χ4v) is 1.74. The van der Waals surface area contributed by atoms with Crippen molar-refractivity contribution in [3.63, 3.8) is 0 Å². The van der Waals surface area contributed by atoms with E-state index in [4.69, 9.17) is 5.26 Å². The Bertz CT molecular complexity index is 612. The standard InChI is InChI=1S/C14H9F2N/c1-9-6-10(8-17)2-4-12(9)13-5-3-11(15)7-14(13)16/h2-7H,1H3. The summed E-state index contributed by atoms with van der Waals surface area (Å²) in [6.45, 7) is 1.79. The van der Waals surface area contributed by atoms with Gasteiger partial charge >= 0.3 is 0 Å². The summed E-state index contributed by atoms with van der Waals surface area (Å²) in [5.74, 6) is -1.20. The lowest BCUT2D eigenvalue weighted by atomic mass is 9.98. The Morgan fingerprint density at radius 3 is 2.29 bits per heavy atom. The van der Waals surface area contributed by atoms with Crippen LogP contribution in [-0.2, 0) is 0 Å². The van der Waals surface area contributed by atoms with Crippen molar-refractivity contribution in [2.24, 2.45) is 0 Å². The zero-order valence-corrected chi connectivity index (χ0v) is 9.17. The summed E-state index contributed by atoms with van der Waals surface area (Å²) in [5.41, 5.74) is 2.32. The van der Waals surface area contributed by atoms with Gasteiger partial charge in [0.15, 0.2) is 0 Å². The summed E-state index contributed by atoms with van der Waals surface area (Å²) >= 11 is 0. The molecule has 17 heavy (non-hydrogen) atoms. The van der Waals surface area contributed by atoms with Crippen molar-refractivity contribution >= 4 is 0 Å². The molecule has 2 aromatic rings. The molecular formula is C14H9F2N. The number of halogens is 2. The summed E-state index contributed by atoms with van der Waals surface area (Å²) in [5, 5.41) is 8.74. The van der Waals surface area contributed by atoms with Crippen LogP contribution in [-0.4, -0.2) is 0 Å². The van der Waals surface area contributed by atoms with Gasteiger partial charge in [0.1, 0.15) is 11.6 Å². The molecule has 3 heteroatoms. The number of benzene rings is 2. The second-order valence-electron chi connectivity index (χ2n) is 3.77. The number of nitriles is 1. The average Bonchev–Trinajstić information content (AvgIpc) is 2.30. The quantitative estimate of drug-likeness (QED) is 0.729. The minimum absolute atomic E-state index is 0.341. The summed E-state index contributed by atoms with van der Waals surface area (Å²) in [7, 11) is 0. The van der Waals surface area contributed by atoms with Crippen LogP contribution in [0, 0.1) is 29.9 Å². The molecule has 0 heterocycles. The van der Waals surface area contributed by atoms with Crippen molar-refractivity contribution in [1.82, 2.24) is 0 Å². The molecule has 2 rings (SSSR count). The van der Waals surface area contributed by atoms with Gasteiger partial charge in [-0.05, 0) is 42.3 Å². The highest BCUT2D eigenvalue weighted by atomic mass is 19.1. The SMILES string of the molecule is Cc1cc(C#N)ccc1-c1ccc(F)cc1F. The van der Waals surface area contributed by atoms with Crippen LogP contribution >= 0.6 is 0 Å². The largest absolute Gasteiger partial charge is 0.207 e. The van der Waals surface area contributed by atoms with Crippen molar-refractivity contribution in [3.05, 3.63) is 59.2 Å². The van der Waals surface area contributed by atoms with Gasteiger partial charge < -0.3 is 0 Å². The first-order valence-electron chi connectivity index (χ1n) is 5.08. The number of hydrogen-bond donors (Lipinski definition) is 0. The van der Waals surface area contributed by atoms with Crippen LogP contribution in [0.3, 0.4) is 0 Å². The molecule has 0 spiro atoms. The minimum Gasteiger partial charge on any atom is -0.207 e. The second kappa shape index (κ2) is 4.34. The van der Waals surface area contributed by atoms with Gasteiger partial charge in [-0.2, -0.15) is 5.26 Å². The van der Waals surface area contributed by atoms with Gasteiger partial charge in [-0.15, -0.1) is 0 Å². The third-order valence-electron chi connectivity index (χ3n) is 2.58. The van der Waals surface area contributed by atoms with Gasteiger partial charge in [0.25, 0.3) is 0 Å². The molecule has 84 valence electrons. The van der Waals surface area contributed by atoms with Crippen LogP contribution in [0.4, 0.5) is 8.78 Å². The fraction of sp³-hybridized carbons (Fsp3) is 0.0714. The molecule has 2 aromatic carbocycles. The van der Waals surface area contributed by atoms with E-state index in [0.717, 1.165) is 11.6 Å². The highest BCUT2D eigenvalue weighted by Gasteiger charge is 2.09. The van der Waals surface area contributed by atoms with Crippen LogP contribution in [0.25, 0.3) is 11.1 Å². The molecule has 0 N–H and O–H groups in total. The average molecular weight is 229 g/mol. The molecule has 0 saturated carbocycles. The van der Waals surface area contributed by atoms with Gasteiger partial charge in [-0.1, -0.05) is 6.07 Å². The molecule has 0 aromatic heterocycles. The Kier molecular flexibility index (Phi) is 2.88. The van der Waals surface area contributed by atoms with E-state index in [-0.39, 0.29) is 0 Å². The molecule has 0 radical (unpaired) electrons. The third kappa shape index (κ3) is 2.16. The van der Waals surface area contributed by atoms with Crippen molar-refractivity contribution in [1.29, 1.82) is 5.26 Å². The highest BCUT2D eigenvalue weighted by Crippen LogP contribution is 2.27. The smallest absolute Gasteiger partial charge is 0.133 e. The summed E-state index contributed by atoms with van der Waals surface area (Å²) < 4.78 is 26.4. The molecule has 0 amide bonds. The molecule has 0 saturated heterocycles. The summed E-state index contributed by atoms with van der Waals surface area (Å²) in [4.78, 5) is 0. The fourth-order valence-electron chi connectivity index (χ4n) is 1.74. The van der Waals surface area contributed by atoms with Crippen LogP contribution in [0.2, 0.25) is 0 Å². The van der Waals surface area contributed by atoms with Crippen LogP contribution < -0.4 is 0 Å². The van der Waals surface area contributed by atoms with Crippen LogP contribution in [0.15, 0.2) is 36.4 Å². The van der Waals surface area contributed by atoms with Crippen molar-refractivity contribution < 1.29 is 8.78 Å². The van der Waals surface area contributed by atoms with E-state index < -0.39 is 11.6 Å². The first kappa shape index (κ1) is 11.3. The minimum atomic E-state index is -0.599. The van der Waals surface area contributed by atoms with E-state index in [1.54, 1.807) is 25.1 Å². The number of aryl methyl sites for hydroxylation is 1. The predicted molar refractivity (Wildman–Crippen MR) is 61.2 cm³/mol. The number of rotatable bonds is 1.